The van der Waals surface area contributed by atoms with Crippen molar-refractivity contribution in [1.29, 1.82) is 0 Å². The number of rotatable bonds is 8. The molecule has 27 heavy (non-hydrogen) atoms. The van der Waals surface area contributed by atoms with Crippen LogP contribution in [-0.4, -0.2) is 41.2 Å². The average Bonchev–Trinajstić information content (AvgIpc) is 2.62. The maximum Gasteiger partial charge on any atom is 0.255 e. The van der Waals surface area contributed by atoms with Crippen LogP contribution in [0.1, 0.15) is 17.3 Å². The Bertz CT molecular complexity index is 900. The molecule has 2 aromatic rings. The summed E-state index contributed by atoms with van der Waals surface area (Å²) in [5.41, 5.74) is 0.711. The van der Waals surface area contributed by atoms with E-state index in [1.807, 2.05) is 0 Å². The highest BCUT2D eigenvalue weighted by molar-refractivity contribution is 7.89. The smallest absolute Gasteiger partial charge is 0.255 e. The lowest BCUT2D eigenvalue weighted by Crippen LogP contribution is -2.35. The monoisotopic (exact) mass is 412 g/mol. The zero-order valence-electron chi connectivity index (χ0n) is 15.2. The second kappa shape index (κ2) is 9.18. The molecule has 7 nitrogen and oxygen atoms in total. The van der Waals surface area contributed by atoms with E-state index in [1.165, 1.54) is 38.5 Å². The third-order valence-electron chi connectivity index (χ3n) is 3.61. The summed E-state index contributed by atoms with van der Waals surface area (Å²) in [4.78, 5) is 12.5. The van der Waals surface area contributed by atoms with Gasteiger partial charge in [0.05, 0.1) is 24.3 Å². The molecule has 9 heteroatoms. The number of ether oxygens (including phenoxy) is 2. The Kier molecular flexibility index (Phi) is 7.20. The van der Waals surface area contributed by atoms with E-state index in [1.54, 1.807) is 25.1 Å². The lowest BCUT2D eigenvalue weighted by atomic mass is 10.2. The molecule has 0 fully saturated rings. The van der Waals surface area contributed by atoms with Gasteiger partial charge in [0, 0.05) is 23.7 Å². The van der Waals surface area contributed by atoms with Crippen molar-refractivity contribution in [3.05, 3.63) is 53.1 Å². The predicted octanol–water partition coefficient (Wildman–Crippen LogP) is 2.91. The Hall–Kier alpha value is -2.13. The van der Waals surface area contributed by atoms with Gasteiger partial charge in [0.15, 0.2) is 0 Å². The Balaban J connectivity index is 2.15. The zero-order chi connectivity index (χ0) is 20.0. The number of methoxy groups -OCH3 is 2. The minimum Gasteiger partial charge on any atom is -0.495 e. The summed E-state index contributed by atoms with van der Waals surface area (Å²) < 4.78 is 37.2. The van der Waals surface area contributed by atoms with E-state index >= 15 is 0 Å². The molecule has 0 unspecified atom stereocenters. The second-order valence-corrected chi connectivity index (χ2v) is 7.95. The van der Waals surface area contributed by atoms with E-state index in [4.69, 9.17) is 21.1 Å². The molecule has 2 aromatic carbocycles. The molecule has 2 N–H and O–H groups in total. The summed E-state index contributed by atoms with van der Waals surface area (Å²) in [6.45, 7) is 1.95. The first-order chi connectivity index (χ1) is 12.8. The highest BCUT2D eigenvalue weighted by atomic mass is 35.5. The number of sulfonamides is 1. The van der Waals surface area contributed by atoms with Crippen LogP contribution in [-0.2, 0) is 14.8 Å². The van der Waals surface area contributed by atoms with Crippen molar-refractivity contribution < 1.29 is 22.7 Å². The van der Waals surface area contributed by atoms with Crippen LogP contribution in [0, 0.1) is 0 Å². The normalized spacial score (nSPS) is 12.4. The minimum absolute atomic E-state index is 0.0577. The van der Waals surface area contributed by atoms with Crippen molar-refractivity contribution in [3.8, 4) is 5.75 Å². The van der Waals surface area contributed by atoms with Gasteiger partial charge in [-0.25, -0.2) is 13.1 Å². The van der Waals surface area contributed by atoms with Crippen molar-refractivity contribution in [2.45, 2.75) is 17.9 Å². The van der Waals surface area contributed by atoms with Gasteiger partial charge >= 0.3 is 0 Å². The van der Waals surface area contributed by atoms with E-state index in [0.29, 0.717) is 22.0 Å². The van der Waals surface area contributed by atoms with Crippen molar-refractivity contribution >= 4 is 33.2 Å². The minimum atomic E-state index is -3.70. The SMILES string of the molecule is COC[C@H](C)NS(=O)(=O)c1ccc(C(=O)Nc2cc(Cl)ccc2OC)cc1. The van der Waals surface area contributed by atoms with Crippen molar-refractivity contribution in [2.75, 3.05) is 26.1 Å². The van der Waals surface area contributed by atoms with Gasteiger partial charge in [-0.1, -0.05) is 11.6 Å². The van der Waals surface area contributed by atoms with Gasteiger partial charge < -0.3 is 14.8 Å². The van der Waals surface area contributed by atoms with Crippen LogP contribution in [0.15, 0.2) is 47.4 Å². The predicted molar refractivity (Wildman–Crippen MR) is 104 cm³/mol. The molecule has 0 aliphatic rings. The fraction of sp³-hybridized carbons (Fsp3) is 0.278. The molecule has 0 saturated carbocycles. The first kappa shape index (κ1) is 21.2. The Morgan fingerprint density at radius 1 is 1.15 bits per heavy atom. The fourth-order valence-electron chi connectivity index (χ4n) is 2.37. The summed E-state index contributed by atoms with van der Waals surface area (Å²) >= 11 is 5.95. The second-order valence-electron chi connectivity index (χ2n) is 5.80. The fourth-order valence-corrected chi connectivity index (χ4v) is 3.78. The number of nitrogens with one attached hydrogen (secondary N) is 2. The van der Waals surface area contributed by atoms with Crippen molar-refractivity contribution in [3.63, 3.8) is 0 Å². The van der Waals surface area contributed by atoms with Crippen molar-refractivity contribution in [2.24, 2.45) is 0 Å². The molecule has 146 valence electrons. The van der Waals surface area contributed by atoms with Gasteiger partial charge in [-0.2, -0.15) is 0 Å². The largest absolute Gasteiger partial charge is 0.495 e. The van der Waals surface area contributed by atoms with Crippen LogP contribution in [0.5, 0.6) is 5.75 Å². The van der Waals surface area contributed by atoms with Gasteiger partial charge in [-0.05, 0) is 49.4 Å². The van der Waals surface area contributed by atoms with E-state index in [2.05, 4.69) is 10.0 Å². The number of amides is 1. The van der Waals surface area contributed by atoms with E-state index < -0.39 is 15.9 Å². The van der Waals surface area contributed by atoms with Crippen LogP contribution in [0.25, 0.3) is 0 Å². The summed E-state index contributed by atoms with van der Waals surface area (Å²) in [6, 6.07) is 10.1. The summed E-state index contributed by atoms with van der Waals surface area (Å²) in [5, 5.41) is 3.14. The molecule has 0 heterocycles. The first-order valence-electron chi connectivity index (χ1n) is 8.03. The quantitative estimate of drug-likeness (QED) is 0.695. The van der Waals surface area contributed by atoms with Crippen molar-refractivity contribution in [1.82, 2.24) is 4.72 Å². The number of hydrogen-bond acceptors (Lipinski definition) is 5. The van der Waals surface area contributed by atoms with Gasteiger partial charge in [-0.3, -0.25) is 4.79 Å². The number of hydrogen-bond donors (Lipinski definition) is 2. The molecular weight excluding hydrogens is 392 g/mol. The number of anilines is 1. The number of benzene rings is 2. The van der Waals surface area contributed by atoms with Gasteiger partial charge in [0.2, 0.25) is 10.0 Å². The topological polar surface area (TPSA) is 93.7 Å². The molecule has 1 atom stereocenters. The molecule has 0 spiro atoms. The number of carbonyl (C=O) groups excluding carboxylic acids is 1. The van der Waals surface area contributed by atoms with Gasteiger partial charge in [0.25, 0.3) is 5.91 Å². The number of carbonyl (C=O) groups is 1. The van der Waals surface area contributed by atoms with E-state index in [-0.39, 0.29) is 17.5 Å². The first-order valence-corrected chi connectivity index (χ1v) is 9.89. The van der Waals surface area contributed by atoms with E-state index in [9.17, 15) is 13.2 Å². The molecule has 1 amide bonds. The summed E-state index contributed by atoms with van der Waals surface area (Å²) in [7, 11) is -0.723. The molecular formula is C18H21ClN2O5S. The zero-order valence-corrected chi connectivity index (χ0v) is 16.7. The highest BCUT2D eigenvalue weighted by Crippen LogP contribution is 2.28. The third kappa shape index (κ3) is 5.67. The molecule has 0 bridgehead atoms. The Morgan fingerprint density at radius 2 is 1.81 bits per heavy atom. The summed E-state index contributed by atoms with van der Waals surface area (Å²) in [6.07, 6.45) is 0. The van der Waals surface area contributed by atoms with Crippen LogP contribution >= 0.6 is 11.6 Å². The molecule has 0 saturated heterocycles. The van der Waals surface area contributed by atoms with Gasteiger partial charge in [-0.15, -0.1) is 0 Å². The van der Waals surface area contributed by atoms with Crippen LogP contribution in [0.2, 0.25) is 5.02 Å². The Morgan fingerprint density at radius 3 is 2.41 bits per heavy atom. The lowest BCUT2D eigenvalue weighted by Gasteiger charge is -2.14. The molecule has 0 aromatic heterocycles. The molecule has 0 aliphatic heterocycles. The maximum atomic E-state index is 12.4. The summed E-state index contributed by atoms with van der Waals surface area (Å²) in [5.74, 6) is 0.0449. The lowest BCUT2D eigenvalue weighted by molar-refractivity contribution is 0.102. The highest BCUT2D eigenvalue weighted by Gasteiger charge is 2.18. The van der Waals surface area contributed by atoms with Crippen LogP contribution < -0.4 is 14.8 Å². The molecule has 2 rings (SSSR count). The van der Waals surface area contributed by atoms with Gasteiger partial charge in [0.1, 0.15) is 5.75 Å². The van der Waals surface area contributed by atoms with Crippen LogP contribution in [0.3, 0.4) is 0 Å². The Labute approximate surface area is 163 Å². The molecule has 0 aliphatic carbocycles. The van der Waals surface area contributed by atoms with E-state index in [0.717, 1.165) is 0 Å². The maximum absolute atomic E-state index is 12.4. The third-order valence-corrected chi connectivity index (χ3v) is 5.45. The average molecular weight is 413 g/mol. The van der Waals surface area contributed by atoms with Crippen LogP contribution in [0.4, 0.5) is 5.69 Å². The molecule has 0 radical (unpaired) electrons. The standard InChI is InChI=1S/C18H21ClN2O5S/c1-12(11-25-2)21-27(23,24)15-7-4-13(5-8-15)18(22)20-16-10-14(19)6-9-17(16)26-3/h4-10,12,21H,11H2,1-3H3,(H,20,22)/t12-/m0/s1. The number of halogens is 1.